The van der Waals surface area contributed by atoms with E-state index >= 15 is 0 Å². The van der Waals surface area contributed by atoms with Gasteiger partial charge in [-0.2, -0.15) is 0 Å². The predicted molar refractivity (Wildman–Crippen MR) is 152 cm³/mol. The number of ether oxygens (including phenoxy) is 4. The zero-order valence-electron chi connectivity index (χ0n) is 22.5. The van der Waals surface area contributed by atoms with Crippen LogP contribution in [0.5, 0.6) is 17.2 Å². The van der Waals surface area contributed by atoms with Crippen molar-refractivity contribution in [2.75, 3.05) is 39.0 Å². The van der Waals surface area contributed by atoms with Crippen LogP contribution in [0, 0.1) is 0 Å². The van der Waals surface area contributed by atoms with Gasteiger partial charge in [-0.1, -0.05) is 36.9 Å². The van der Waals surface area contributed by atoms with Gasteiger partial charge in [-0.3, -0.25) is 0 Å². The average molecular weight is 626 g/mol. The Bertz CT molecular complexity index is 1400. The lowest BCUT2D eigenvalue weighted by molar-refractivity contribution is 0.155. The lowest BCUT2D eigenvalue weighted by Gasteiger charge is -2.26. The number of halogens is 1. The quantitative estimate of drug-likeness (QED) is 0.151. The molecule has 0 N–H and O–H groups in total. The number of sulfonamides is 1. The molecule has 0 aliphatic heterocycles. The summed E-state index contributed by atoms with van der Waals surface area (Å²) in [5.41, 5.74) is 2.54. The Balaban J connectivity index is 1.84. The Morgan fingerprint density at radius 1 is 1.00 bits per heavy atom. The maximum Gasteiger partial charge on any atom is 0.274 e. The van der Waals surface area contributed by atoms with Crippen molar-refractivity contribution >= 4 is 39.8 Å². The van der Waals surface area contributed by atoms with Gasteiger partial charge in [-0.25, -0.2) is 12.7 Å². The first-order valence-electron chi connectivity index (χ1n) is 12.2. The second kappa shape index (κ2) is 11.3. The molecule has 206 valence electrons. The lowest BCUT2D eigenvalue weighted by atomic mass is 9.90. The van der Waals surface area contributed by atoms with Gasteiger partial charge >= 0.3 is 0 Å². The normalized spacial score (nSPS) is 13.0. The zero-order chi connectivity index (χ0) is 27.7. The van der Waals surface area contributed by atoms with Crippen molar-refractivity contribution in [2.24, 2.45) is 0 Å². The van der Waals surface area contributed by atoms with Gasteiger partial charge in [-0.05, 0) is 58.6 Å². The summed E-state index contributed by atoms with van der Waals surface area (Å²) >= 11 is 3.63. The predicted octanol–water partition coefficient (Wildman–Crippen LogP) is 5.74. The Morgan fingerprint density at radius 3 is 2.26 bits per heavy atom. The van der Waals surface area contributed by atoms with E-state index in [1.165, 1.54) is 14.2 Å². The summed E-state index contributed by atoms with van der Waals surface area (Å²) in [5.74, 6) is 1.65. The van der Waals surface area contributed by atoms with E-state index < -0.39 is 18.1 Å². The highest BCUT2D eigenvalue weighted by Gasteiger charge is 2.38. The number of nitrogens with zero attached hydrogens (tertiary/aromatic N) is 2. The van der Waals surface area contributed by atoms with Crippen LogP contribution >= 0.6 is 15.9 Å². The summed E-state index contributed by atoms with van der Waals surface area (Å²) in [6.45, 7) is 6.90. The fourth-order valence-electron chi connectivity index (χ4n) is 4.34. The molecule has 0 radical (unpaired) electrons. The van der Waals surface area contributed by atoms with Gasteiger partial charge in [-0.15, -0.1) is 0 Å². The number of methoxy groups -OCH3 is 3. The number of hydrogen-bond donors (Lipinski definition) is 0. The molecule has 0 saturated carbocycles. The van der Waals surface area contributed by atoms with Crippen molar-refractivity contribution in [1.82, 2.24) is 5.16 Å². The van der Waals surface area contributed by atoms with Crippen molar-refractivity contribution < 1.29 is 31.9 Å². The molecule has 0 atom stereocenters. The first-order chi connectivity index (χ1) is 18.0. The third-order valence-electron chi connectivity index (χ3n) is 6.42. The molecule has 0 bridgehead atoms. The molecular weight excluding hydrogens is 592 g/mol. The van der Waals surface area contributed by atoms with Gasteiger partial charge in [0.15, 0.2) is 16.5 Å². The summed E-state index contributed by atoms with van der Waals surface area (Å²) in [6, 6.07) is 9.59. The van der Waals surface area contributed by atoms with E-state index in [0.29, 0.717) is 36.5 Å². The highest BCUT2D eigenvalue weighted by atomic mass is 79.9. The van der Waals surface area contributed by atoms with E-state index in [9.17, 15) is 8.42 Å². The standard InChI is InChI=1S/C26H33BrN2O7SSi/c1-32-19-13-11-17-10-12-18-24(22(17)23(19)27)36-28-26(18)29(16-35-14-15-38(4,5)6)37(30,31)25-20(33-2)8-7-9-21(25)34-3/h7-9,11,13H,10,12,14-16H2,1-6H3. The zero-order valence-corrected chi connectivity index (χ0v) is 25.9. The molecule has 1 aromatic heterocycles. The number of aryl methyl sites for hydroxylation is 1. The minimum Gasteiger partial charge on any atom is -0.496 e. The van der Waals surface area contributed by atoms with Crippen molar-refractivity contribution in [3.63, 3.8) is 0 Å². The van der Waals surface area contributed by atoms with Crippen LogP contribution in [0.25, 0.3) is 11.3 Å². The highest BCUT2D eigenvalue weighted by molar-refractivity contribution is 9.10. The molecule has 12 heteroatoms. The summed E-state index contributed by atoms with van der Waals surface area (Å²) in [6.07, 6.45) is 1.23. The van der Waals surface area contributed by atoms with Crippen LogP contribution < -0.4 is 18.5 Å². The third-order valence-corrected chi connectivity index (χ3v) is 10.7. The average Bonchev–Trinajstić information content (AvgIpc) is 3.31. The minimum absolute atomic E-state index is 0.102. The van der Waals surface area contributed by atoms with Crippen molar-refractivity contribution in [3.8, 4) is 28.6 Å². The second-order valence-electron chi connectivity index (χ2n) is 10.1. The van der Waals surface area contributed by atoms with Crippen LogP contribution in [0.4, 0.5) is 5.82 Å². The van der Waals surface area contributed by atoms with Crippen LogP contribution in [0.1, 0.15) is 11.1 Å². The first-order valence-corrected chi connectivity index (χ1v) is 18.1. The monoisotopic (exact) mass is 624 g/mol. The Kier molecular flexibility index (Phi) is 8.45. The molecule has 1 aliphatic carbocycles. The second-order valence-corrected chi connectivity index (χ2v) is 18.3. The Morgan fingerprint density at radius 2 is 1.66 bits per heavy atom. The fourth-order valence-corrected chi connectivity index (χ4v) is 7.44. The van der Waals surface area contributed by atoms with Crippen LogP contribution in [-0.2, 0) is 27.6 Å². The molecule has 38 heavy (non-hydrogen) atoms. The Hall–Kier alpha value is -2.54. The topological polar surface area (TPSA) is 100 Å². The molecule has 0 amide bonds. The van der Waals surface area contributed by atoms with E-state index in [1.807, 2.05) is 12.1 Å². The number of aromatic nitrogens is 1. The molecule has 2 aromatic carbocycles. The van der Waals surface area contributed by atoms with Gasteiger partial charge in [0, 0.05) is 25.8 Å². The molecule has 1 heterocycles. The minimum atomic E-state index is -4.25. The van der Waals surface area contributed by atoms with Gasteiger partial charge in [0.05, 0.1) is 25.8 Å². The number of anilines is 1. The molecule has 4 rings (SSSR count). The molecule has 1 aliphatic rings. The summed E-state index contributed by atoms with van der Waals surface area (Å²) in [4.78, 5) is -0.102. The largest absolute Gasteiger partial charge is 0.496 e. The summed E-state index contributed by atoms with van der Waals surface area (Å²) in [7, 11) is -1.22. The SMILES string of the molecule is COc1ccc2c(c1Br)-c1onc(N(COCC[Si](C)(C)C)S(=O)(=O)c3c(OC)cccc3OC)c1CC2. The smallest absolute Gasteiger partial charge is 0.274 e. The molecular formula is C26H33BrN2O7SSi. The van der Waals surface area contributed by atoms with Gasteiger partial charge in [0.1, 0.15) is 24.0 Å². The number of fused-ring (bicyclic) bond motifs is 3. The molecule has 0 unspecified atom stereocenters. The summed E-state index contributed by atoms with van der Waals surface area (Å²) < 4.78 is 58.5. The maximum absolute atomic E-state index is 14.3. The van der Waals surface area contributed by atoms with Crippen LogP contribution in [0.3, 0.4) is 0 Å². The number of benzene rings is 2. The fraction of sp³-hybridized carbons (Fsp3) is 0.423. The van der Waals surface area contributed by atoms with E-state index in [-0.39, 0.29) is 28.9 Å². The van der Waals surface area contributed by atoms with Crippen LogP contribution in [0.2, 0.25) is 25.7 Å². The lowest BCUT2D eigenvalue weighted by Crippen LogP contribution is -2.35. The van der Waals surface area contributed by atoms with Crippen LogP contribution in [0.15, 0.2) is 44.2 Å². The van der Waals surface area contributed by atoms with Crippen molar-refractivity contribution in [3.05, 3.63) is 45.9 Å². The molecule has 0 saturated heterocycles. The van der Waals surface area contributed by atoms with E-state index in [0.717, 1.165) is 25.9 Å². The van der Waals surface area contributed by atoms with E-state index in [2.05, 4.69) is 40.7 Å². The first kappa shape index (κ1) is 28.5. The van der Waals surface area contributed by atoms with E-state index in [1.54, 1.807) is 25.3 Å². The number of rotatable bonds is 11. The van der Waals surface area contributed by atoms with Crippen LogP contribution in [-0.4, -0.2) is 56.3 Å². The number of hydrogen-bond acceptors (Lipinski definition) is 8. The van der Waals surface area contributed by atoms with E-state index in [4.69, 9.17) is 23.5 Å². The maximum atomic E-state index is 14.3. The van der Waals surface area contributed by atoms with Crippen molar-refractivity contribution in [2.45, 2.75) is 43.4 Å². The van der Waals surface area contributed by atoms with Crippen molar-refractivity contribution in [1.29, 1.82) is 0 Å². The third kappa shape index (κ3) is 5.44. The van der Waals surface area contributed by atoms with Gasteiger partial charge in [0.2, 0.25) is 0 Å². The molecule has 0 spiro atoms. The van der Waals surface area contributed by atoms with Gasteiger partial charge < -0.3 is 23.5 Å². The molecule has 3 aromatic rings. The highest BCUT2D eigenvalue weighted by Crippen LogP contribution is 2.46. The molecule has 9 nitrogen and oxygen atoms in total. The Labute approximate surface area is 233 Å². The molecule has 0 fully saturated rings. The summed E-state index contributed by atoms with van der Waals surface area (Å²) in [5, 5.41) is 4.28. The van der Waals surface area contributed by atoms with Gasteiger partial charge in [0.25, 0.3) is 10.0 Å².